The molecule has 110 valence electrons. The predicted octanol–water partition coefficient (Wildman–Crippen LogP) is 2.63. The van der Waals surface area contributed by atoms with Crippen molar-refractivity contribution < 1.29 is 14.7 Å². The molecule has 4 nitrogen and oxygen atoms in total. The molecule has 1 N–H and O–H groups in total. The standard InChI is InChI=1S/C15H27NO3/c1-5-6-13(10(2)3)14(17)16-8-11(4)7-12(9-16)15(18)19/h10-13H,5-9H2,1-4H3,(H,18,19). The van der Waals surface area contributed by atoms with Gasteiger partial charge < -0.3 is 10.0 Å². The summed E-state index contributed by atoms with van der Waals surface area (Å²) >= 11 is 0. The Morgan fingerprint density at radius 1 is 1.32 bits per heavy atom. The summed E-state index contributed by atoms with van der Waals surface area (Å²) in [6, 6.07) is 0. The zero-order chi connectivity index (χ0) is 14.6. The maximum absolute atomic E-state index is 12.6. The van der Waals surface area contributed by atoms with Crippen LogP contribution in [-0.4, -0.2) is 35.0 Å². The molecule has 0 spiro atoms. The van der Waals surface area contributed by atoms with Crippen molar-refractivity contribution in [1.82, 2.24) is 4.90 Å². The molecule has 0 aliphatic carbocycles. The van der Waals surface area contributed by atoms with Gasteiger partial charge >= 0.3 is 5.97 Å². The van der Waals surface area contributed by atoms with Gasteiger partial charge in [-0.2, -0.15) is 0 Å². The number of aliphatic carboxylic acids is 1. The van der Waals surface area contributed by atoms with Crippen molar-refractivity contribution >= 4 is 11.9 Å². The average Bonchev–Trinajstić information content (AvgIpc) is 2.33. The largest absolute Gasteiger partial charge is 0.481 e. The van der Waals surface area contributed by atoms with Gasteiger partial charge in [0.25, 0.3) is 0 Å². The molecule has 1 fully saturated rings. The van der Waals surface area contributed by atoms with Gasteiger partial charge in [-0.25, -0.2) is 0 Å². The van der Waals surface area contributed by atoms with Crippen LogP contribution in [0.2, 0.25) is 0 Å². The highest BCUT2D eigenvalue weighted by Gasteiger charge is 2.35. The molecule has 0 radical (unpaired) electrons. The van der Waals surface area contributed by atoms with Gasteiger partial charge in [0.15, 0.2) is 0 Å². The van der Waals surface area contributed by atoms with Gasteiger partial charge in [0.1, 0.15) is 0 Å². The van der Waals surface area contributed by atoms with Gasteiger partial charge in [-0.1, -0.05) is 34.1 Å². The minimum absolute atomic E-state index is 0.0322. The number of rotatable bonds is 5. The molecule has 4 heteroatoms. The summed E-state index contributed by atoms with van der Waals surface area (Å²) in [7, 11) is 0. The summed E-state index contributed by atoms with van der Waals surface area (Å²) in [5.74, 6) is -0.413. The summed E-state index contributed by atoms with van der Waals surface area (Å²) in [6.07, 6.45) is 2.55. The Balaban J connectivity index is 2.76. The van der Waals surface area contributed by atoms with Crippen LogP contribution in [0.1, 0.15) is 47.0 Å². The van der Waals surface area contributed by atoms with Crippen LogP contribution >= 0.6 is 0 Å². The van der Waals surface area contributed by atoms with Crippen LogP contribution in [0, 0.1) is 23.7 Å². The molecule has 0 aromatic carbocycles. The van der Waals surface area contributed by atoms with E-state index < -0.39 is 11.9 Å². The van der Waals surface area contributed by atoms with E-state index in [-0.39, 0.29) is 17.7 Å². The van der Waals surface area contributed by atoms with Gasteiger partial charge in [0.2, 0.25) is 5.91 Å². The van der Waals surface area contributed by atoms with Crippen LogP contribution in [0.3, 0.4) is 0 Å². The van der Waals surface area contributed by atoms with E-state index >= 15 is 0 Å². The first-order chi connectivity index (χ1) is 8.86. The van der Waals surface area contributed by atoms with Gasteiger partial charge in [-0.05, 0) is 24.7 Å². The summed E-state index contributed by atoms with van der Waals surface area (Å²) in [5, 5.41) is 9.17. The second-order valence-corrected chi connectivity index (χ2v) is 6.26. The first-order valence-corrected chi connectivity index (χ1v) is 7.38. The van der Waals surface area contributed by atoms with E-state index in [0.29, 0.717) is 25.4 Å². The van der Waals surface area contributed by atoms with E-state index in [0.717, 1.165) is 12.8 Å². The molecule has 0 bridgehead atoms. The second kappa shape index (κ2) is 6.92. The molecular weight excluding hydrogens is 242 g/mol. The van der Waals surface area contributed by atoms with Crippen LogP contribution in [-0.2, 0) is 9.59 Å². The fourth-order valence-electron chi connectivity index (χ4n) is 3.00. The Labute approximate surface area is 116 Å². The number of hydrogen-bond acceptors (Lipinski definition) is 2. The van der Waals surface area contributed by atoms with Crippen molar-refractivity contribution in [2.24, 2.45) is 23.7 Å². The number of carboxylic acid groups (broad SMARTS) is 1. The van der Waals surface area contributed by atoms with E-state index in [2.05, 4.69) is 20.8 Å². The Morgan fingerprint density at radius 3 is 2.42 bits per heavy atom. The number of carboxylic acids is 1. The monoisotopic (exact) mass is 269 g/mol. The van der Waals surface area contributed by atoms with Crippen LogP contribution in [0.5, 0.6) is 0 Å². The molecule has 1 aliphatic rings. The fourth-order valence-corrected chi connectivity index (χ4v) is 3.00. The lowest BCUT2D eigenvalue weighted by Crippen LogP contribution is -2.48. The fraction of sp³-hybridized carbons (Fsp3) is 0.867. The predicted molar refractivity (Wildman–Crippen MR) is 74.7 cm³/mol. The Hall–Kier alpha value is -1.06. The van der Waals surface area contributed by atoms with Crippen molar-refractivity contribution in [3.05, 3.63) is 0 Å². The van der Waals surface area contributed by atoms with Crippen molar-refractivity contribution in [2.75, 3.05) is 13.1 Å². The van der Waals surface area contributed by atoms with Crippen LogP contribution < -0.4 is 0 Å². The molecular formula is C15H27NO3. The SMILES string of the molecule is CCCC(C(=O)N1CC(C)CC(C(=O)O)C1)C(C)C. The minimum atomic E-state index is -0.777. The first kappa shape index (κ1) is 16.0. The lowest BCUT2D eigenvalue weighted by Gasteiger charge is -2.37. The zero-order valence-electron chi connectivity index (χ0n) is 12.6. The molecule has 1 amide bonds. The summed E-state index contributed by atoms with van der Waals surface area (Å²) in [4.78, 5) is 25.5. The van der Waals surface area contributed by atoms with Gasteiger partial charge in [-0.3, -0.25) is 9.59 Å². The quantitative estimate of drug-likeness (QED) is 0.834. The molecule has 1 rings (SSSR count). The van der Waals surface area contributed by atoms with Gasteiger partial charge in [0.05, 0.1) is 5.92 Å². The highest BCUT2D eigenvalue weighted by atomic mass is 16.4. The third-order valence-electron chi connectivity index (χ3n) is 4.04. The highest BCUT2D eigenvalue weighted by molar-refractivity contribution is 5.80. The van der Waals surface area contributed by atoms with Crippen LogP contribution in [0.4, 0.5) is 0 Å². The van der Waals surface area contributed by atoms with Crippen molar-refractivity contribution in [1.29, 1.82) is 0 Å². The smallest absolute Gasteiger partial charge is 0.308 e. The zero-order valence-corrected chi connectivity index (χ0v) is 12.6. The van der Waals surface area contributed by atoms with Crippen molar-refractivity contribution in [3.8, 4) is 0 Å². The van der Waals surface area contributed by atoms with E-state index in [1.807, 2.05) is 6.92 Å². The molecule has 1 heterocycles. The van der Waals surface area contributed by atoms with Crippen LogP contribution in [0.15, 0.2) is 0 Å². The Morgan fingerprint density at radius 2 is 1.95 bits per heavy atom. The highest BCUT2D eigenvalue weighted by Crippen LogP contribution is 2.26. The lowest BCUT2D eigenvalue weighted by atomic mass is 9.86. The normalized spacial score (nSPS) is 25.4. The molecule has 3 atom stereocenters. The molecule has 1 aliphatic heterocycles. The number of carbonyl (C=O) groups excluding carboxylic acids is 1. The maximum atomic E-state index is 12.6. The molecule has 1 saturated heterocycles. The Bertz CT molecular complexity index is 327. The molecule has 3 unspecified atom stereocenters. The van der Waals surface area contributed by atoms with E-state index in [1.165, 1.54) is 0 Å². The number of piperidine rings is 1. The summed E-state index contributed by atoms with van der Waals surface area (Å²) < 4.78 is 0. The molecule has 0 saturated carbocycles. The third-order valence-corrected chi connectivity index (χ3v) is 4.04. The van der Waals surface area contributed by atoms with E-state index in [9.17, 15) is 9.59 Å². The number of hydrogen-bond donors (Lipinski definition) is 1. The molecule has 19 heavy (non-hydrogen) atoms. The molecule has 0 aromatic rings. The van der Waals surface area contributed by atoms with E-state index in [4.69, 9.17) is 5.11 Å². The number of likely N-dealkylation sites (tertiary alicyclic amines) is 1. The number of amides is 1. The average molecular weight is 269 g/mol. The summed E-state index contributed by atoms with van der Waals surface area (Å²) in [5.41, 5.74) is 0. The lowest BCUT2D eigenvalue weighted by molar-refractivity contribution is -0.148. The van der Waals surface area contributed by atoms with Crippen molar-refractivity contribution in [2.45, 2.75) is 47.0 Å². The second-order valence-electron chi connectivity index (χ2n) is 6.26. The topological polar surface area (TPSA) is 57.6 Å². The van der Waals surface area contributed by atoms with Gasteiger partial charge in [0, 0.05) is 19.0 Å². The Kier molecular flexibility index (Phi) is 5.83. The minimum Gasteiger partial charge on any atom is -0.481 e. The molecule has 0 aromatic heterocycles. The number of carbonyl (C=O) groups is 2. The number of nitrogens with zero attached hydrogens (tertiary/aromatic N) is 1. The van der Waals surface area contributed by atoms with Gasteiger partial charge in [-0.15, -0.1) is 0 Å². The van der Waals surface area contributed by atoms with E-state index in [1.54, 1.807) is 4.90 Å². The third kappa shape index (κ3) is 4.22. The maximum Gasteiger partial charge on any atom is 0.308 e. The summed E-state index contributed by atoms with van der Waals surface area (Å²) in [6.45, 7) is 9.34. The first-order valence-electron chi connectivity index (χ1n) is 7.38. The van der Waals surface area contributed by atoms with Crippen molar-refractivity contribution in [3.63, 3.8) is 0 Å². The van der Waals surface area contributed by atoms with Crippen LogP contribution in [0.25, 0.3) is 0 Å².